The van der Waals surface area contributed by atoms with Gasteiger partial charge >= 0.3 is 0 Å². The van der Waals surface area contributed by atoms with Gasteiger partial charge in [0, 0.05) is 12.0 Å². The van der Waals surface area contributed by atoms with Crippen molar-refractivity contribution < 1.29 is 19.1 Å². The number of aliphatic hydroxyl groups is 1. The Morgan fingerprint density at radius 3 is 2.59 bits per heavy atom. The molecule has 1 aromatic heterocycles. The molecule has 0 bridgehead atoms. The normalized spacial score (nSPS) is 31.8. The van der Waals surface area contributed by atoms with E-state index in [0.29, 0.717) is 18.7 Å². The van der Waals surface area contributed by atoms with Gasteiger partial charge in [0.1, 0.15) is 5.76 Å². The Bertz CT molecular complexity index is 960. The number of amides is 2. The Morgan fingerprint density at radius 1 is 1.15 bits per heavy atom. The lowest BCUT2D eigenvalue weighted by atomic mass is 9.51. The SMILES string of the molecule is C[C@H]1[C@@H]2[C@@H](O)[C@H]([C@H](C)C(=O)NCc3ccco3)CC[C@@]2(C)CC[C@@H]1NC(=O)Cc1ccccc1. The van der Waals surface area contributed by atoms with E-state index >= 15 is 0 Å². The van der Waals surface area contributed by atoms with Gasteiger partial charge in [-0.25, -0.2) is 0 Å². The van der Waals surface area contributed by atoms with E-state index in [9.17, 15) is 14.7 Å². The molecule has 6 heteroatoms. The lowest BCUT2D eigenvalue weighted by molar-refractivity contribution is -0.143. The molecule has 3 N–H and O–H groups in total. The fraction of sp³-hybridized carbons (Fsp3) is 0.571. The number of furan rings is 1. The van der Waals surface area contributed by atoms with E-state index in [1.54, 1.807) is 12.3 Å². The topological polar surface area (TPSA) is 91.6 Å². The average molecular weight is 467 g/mol. The van der Waals surface area contributed by atoms with Gasteiger partial charge in [-0.15, -0.1) is 0 Å². The molecule has 2 aliphatic carbocycles. The first-order valence-corrected chi connectivity index (χ1v) is 12.6. The lowest BCUT2D eigenvalue weighted by Gasteiger charge is -2.56. The number of carbonyl (C=O) groups excluding carboxylic acids is 2. The Kier molecular flexibility index (Phi) is 7.46. The third kappa shape index (κ3) is 5.22. The molecule has 1 heterocycles. The molecular formula is C28H38N2O4. The Balaban J connectivity index is 1.39. The van der Waals surface area contributed by atoms with Gasteiger partial charge in [0.15, 0.2) is 0 Å². The Labute approximate surface area is 202 Å². The van der Waals surface area contributed by atoms with Crippen LogP contribution in [-0.4, -0.2) is 29.1 Å². The first-order chi connectivity index (χ1) is 16.3. The van der Waals surface area contributed by atoms with Gasteiger partial charge in [-0.05, 0) is 66.5 Å². The van der Waals surface area contributed by atoms with E-state index in [4.69, 9.17) is 4.42 Å². The van der Waals surface area contributed by atoms with Crippen LogP contribution in [0.15, 0.2) is 53.1 Å². The molecule has 2 aliphatic rings. The zero-order valence-corrected chi connectivity index (χ0v) is 20.5. The van der Waals surface area contributed by atoms with Crippen molar-refractivity contribution in [1.82, 2.24) is 10.6 Å². The standard InChI is InChI=1S/C28H38N2O4/c1-18(27(33)29-17-21-10-7-15-34-21)22-11-13-28(3)14-12-23(19(2)25(28)26(22)32)30-24(31)16-20-8-5-4-6-9-20/h4-10,15,18-19,22-23,25-26,32H,11-14,16-17H2,1-3H3,(H,29,33)(H,30,31)/t18-,19+,22-,23-,25+,26-,28-/m0/s1. The van der Waals surface area contributed by atoms with Crippen LogP contribution in [0, 0.1) is 29.1 Å². The number of rotatable bonds is 7. The average Bonchev–Trinajstić information content (AvgIpc) is 3.33. The first-order valence-electron chi connectivity index (χ1n) is 12.6. The Hall–Kier alpha value is -2.60. The van der Waals surface area contributed by atoms with E-state index in [1.165, 1.54) is 0 Å². The van der Waals surface area contributed by atoms with Gasteiger partial charge in [-0.2, -0.15) is 0 Å². The summed E-state index contributed by atoms with van der Waals surface area (Å²) in [6.07, 6.45) is 5.10. The molecule has 7 atom stereocenters. The smallest absolute Gasteiger partial charge is 0.224 e. The zero-order chi connectivity index (χ0) is 24.3. The van der Waals surface area contributed by atoms with Crippen molar-refractivity contribution >= 4 is 11.8 Å². The van der Waals surface area contributed by atoms with Crippen molar-refractivity contribution in [2.75, 3.05) is 0 Å². The number of fused-ring (bicyclic) bond motifs is 1. The van der Waals surface area contributed by atoms with Crippen molar-refractivity contribution in [1.29, 1.82) is 0 Å². The highest BCUT2D eigenvalue weighted by molar-refractivity contribution is 5.79. The third-order valence-corrected chi connectivity index (χ3v) is 8.51. The van der Waals surface area contributed by atoms with Crippen LogP contribution in [0.2, 0.25) is 0 Å². The molecule has 184 valence electrons. The minimum absolute atomic E-state index is 0.0270. The van der Waals surface area contributed by atoms with Gasteiger partial charge in [0.25, 0.3) is 0 Å². The van der Waals surface area contributed by atoms with Crippen molar-refractivity contribution in [3.05, 3.63) is 60.1 Å². The van der Waals surface area contributed by atoms with E-state index in [0.717, 1.165) is 31.2 Å². The molecule has 0 spiro atoms. The molecule has 4 rings (SSSR count). The Morgan fingerprint density at radius 2 is 1.88 bits per heavy atom. The van der Waals surface area contributed by atoms with Crippen molar-refractivity contribution in [3.63, 3.8) is 0 Å². The van der Waals surface area contributed by atoms with Crippen molar-refractivity contribution in [3.8, 4) is 0 Å². The quantitative estimate of drug-likeness (QED) is 0.573. The highest BCUT2D eigenvalue weighted by Gasteiger charge is 2.53. The van der Waals surface area contributed by atoms with Gasteiger partial charge in [-0.1, -0.05) is 51.1 Å². The van der Waals surface area contributed by atoms with Crippen LogP contribution in [0.4, 0.5) is 0 Å². The summed E-state index contributed by atoms with van der Waals surface area (Å²) >= 11 is 0. The molecule has 0 saturated heterocycles. The number of hydrogen-bond acceptors (Lipinski definition) is 4. The third-order valence-electron chi connectivity index (χ3n) is 8.51. The summed E-state index contributed by atoms with van der Waals surface area (Å²) in [5.74, 6) is 0.467. The second-order valence-corrected chi connectivity index (χ2v) is 10.7. The second kappa shape index (κ2) is 10.3. The van der Waals surface area contributed by atoms with Gasteiger partial charge in [0.2, 0.25) is 11.8 Å². The van der Waals surface area contributed by atoms with E-state index in [2.05, 4.69) is 24.5 Å². The molecular weight excluding hydrogens is 428 g/mol. The van der Waals surface area contributed by atoms with E-state index in [1.807, 2.05) is 43.3 Å². The van der Waals surface area contributed by atoms with Crippen molar-refractivity contribution in [2.45, 2.75) is 71.6 Å². The van der Waals surface area contributed by atoms with E-state index < -0.39 is 6.10 Å². The summed E-state index contributed by atoms with van der Waals surface area (Å²) in [4.78, 5) is 25.6. The number of hydrogen-bond donors (Lipinski definition) is 3. The molecule has 0 aliphatic heterocycles. The van der Waals surface area contributed by atoms with Crippen LogP contribution in [-0.2, 0) is 22.6 Å². The predicted molar refractivity (Wildman–Crippen MR) is 131 cm³/mol. The fourth-order valence-corrected chi connectivity index (χ4v) is 6.48. The summed E-state index contributed by atoms with van der Waals surface area (Å²) in [6, 6.07) is 13.4. The largest absolute Gasteiger partial charge is 0.467 e. The summed E-state index contributed by atoms with van der Waals surface area (Å²) in [7, 11) is 0. The lowest BCUT2D eigenvalue weighted by Crippen LogP contribution is -2.58. The van der Waals surface area contributed by atoms with Crippen LogP contribution in [0.5, 0.6) is 0 Å². The summed E-state index contributed by atoms with van der Waals surface area (Å²) < 4.78 is 5.31. The van der Waals surface area contributed by atoms with Gasteiger partial charge < -0.3 is 20.2 Å². The molecule has 2 amide bonds. The molecule has 2 aromatic rings. The highest BCUT2D eigenvalue weighted by Crippen LogP contribution is 2.55. The van der Waals surface area contributed by atoms with Crippen molar-refractivity contribution in [2.24, 2.45) is 29.1 Å². The van der Waals surface area contributed by atoms with Crippen LogP contribution in [0.3, 0.4) is 0 Å². The van der Waals surface area contributed by atoms with Gasteiger partial charge in [-0.3, -0.25) is 9.59 Å². The predicted octanol–water partition coefficient (Wildman–Crippen LogP) is 4.08. The molecule has 2 saturated carbocycles. The maximum absolute atomic E-state index is 12.9. The maximum atomic E-state index is 12.9. The summed E-state index contributed by atoms with van der Waals surface area (Å²) in [5, 5.41) is 17.8. The molecule has 0 radical (unpaired) electrons. The molecule has 2 fully saturated rings. The number of aliphatic hydroxyl groups excluding tert-OH is 1. The van der Waals surface area contributed by atoms with Crippen LogP contribution in [0.25, 0.3) is 0 Å². The summed E-state index contributed by atoms with van der Waals surface area (Å²) in [6.45, 7) is 6.70. The monoisotopic (exact) mass is 466 g/mol. The zero-order valence-electron chi connectivity index (χ0n) is 20.5. The molecule has 0 unspecified atom stereocenters. The molecule has 6 nitrogen and oxygen atoms in total. The second-order valence-electron chi connectivity index (χ2n) is 10.7. The minimum Gasteiger partial charge on any atom is -0.467 e. The summed E-state index contributed by atoms with van der Waals surface area (Å²) in [5.41, 5.74) is 1.03. The maximum Gasteiger partial charge on any atom is 0.224 e. The van der Waals surface area contributed by atoms with Crippen LogP contribution in [0.1, 0.15) is 57.8 Å². The minimum atomic E-state index is -0.577. The number of benzene rings is 1. The fourth-order valence-electron chi connectivity index (χ4n) is 6.48. The first kappa shape index (κ1) is 24.5. The number of nitrogens with one attached hydrogen (secondary N) is 2. The molecule has 34 heavy (non-hydrogen) atoms. The number of carbonyl (C=O) groups is 2. The highest BCUT2D eigenvalue weighted by atomic mass is 16.3. The van der Waals surface area contributed by atoms with E-state index in [-0.39, 0.29) is 46.9 Å². The molecule has 1 aromatic carbocycles. The van der Waals surface area contributed by atoms with Crippen LogP contribution >= 0.6 is 0 Å². The van der Waals surface area contributed by atoms with Gasteiger partial charge in [0.05, 0.1) is 25.3 Å². The van der Waals surface area contributed by atoms with Crippen LogP contribution < -0.4 is 10.6 Å².